The van der Waals surface area contributed by atoms with Gasteiger partial charge in [-0.15, -0.1) is 11.3 Å². The van der Waals surface area contributed by atoms with E-state index in [9.17, 15) is 9.59 Å². The molecular weight excluding hydrogens is 236 g/mol. The molecule has 0 aliphatic rings. The molecule has 0 aliphatic heterocycles. The molecule has 1 aromatic carbocycles. The molecule has 0 aliphatic carbocycles. The minimum atomic E-state index is -0.201. The van der Waals surface area contributed by atoms with Gasteiger partial charge in [0.2, 0.25) is 0 Å². The van der Waals surface area contributed by atoms with Crippen LogP contribution in [0.5, 0.6) is 0 Å². The molecule has 0 bridgehead atoms. The fourth-order valence-corrected chi connectivity index (χ4v) is 2.09. The average molecular weight is 246 g/mol. The largest absolute Gasteiger partial charge is 0.321 e. The molecule has 1 aromatic heterocycles. The van der Waals surface area contributed by atoms with Crippen LogP contribution in [0.15, 0.2) is 29.8 Å². The van der Waals surface area contributed by atoms with Gasteiger partial charge >= 0.3 is 0 Å². The molecule has 1 heterocycles. The highest BCUT2D eigenvalue weighted by Crippen LogP contribution is 2.16. The van der Waals surface area contributed by atoms with Crippen molar-refractivity contribution in [2.75, 3.05) is 5.32 Å². The summed E-state index contributed by atoms with van der Waals surface area (Å²) in [5.41, 5.74) is 3.47. The molecule has 17 heavy (non-hydrogen) atoms. The van der Waals surface area contributed by atoms with E-state index in [4.69, 9.17) is 0 Å². The van der Waals surface area contributed by atoms with E-state index in [-0.39, 0.29) is 5.91 Å². The first-order valence-electron chi connectivity index (χ1n) is 4.97. The summed E-state index contributed by atoms with van der Waals surface area (Å²) in [6.45, 7) is 1.78. The van der Waals surface area contributed by atoms with E-state index in [1.54, 1.807) is 36.7 Å². The van der Waals surface area contributed by atoms with Crippen LogP contribution < -0.4 is 5.32 Å². The van der Waals surface area contributed by atoms with Gasteiger partial charge in [0.15, 0.2) is 0 Å². The molecule has 0 atom stereocenters. The van der Waals surface area contributed by atoms with E-state index in [1.165, 1.54) is 11.3 Å². The number of benzene rings is 1. The van der Waals surface area contributed by atoms with Crippen molar-refractivity contribution in [1.82, 2.24) is 4.98 Å². The van der Waals surface area contributed by atoms with Gasteiger partial charge in [0.25, 0.3) is 5.91 Å². The number of nitrogens with zero attached hydrogens (tertiary/aromatic N) is 1. The molecule has 5 heteroatoms. The van der Waals surface area contributed by atoms with E-state index < -0.39 is 0 Å². The Hall–Kier alpha value is -2.01. The molecule has 0 unspecified atom stereocenters. The van der Waals surface area contributed by atoms with Gasteiger partial charge in [-0.3, -0.25) is 9.59 Å². The van der Waals surface area contributed by atoms with Crippen molar-refractivity contribution in [3.63, 3.8) is 0 Å². The lowest BCUT2D eigenvalue weighted by atomic mass is 10.2. The Morgan fingerprint density at radius 1 is 1.47 bits per heavy atom. The quantitative estimate of drug-likeness (QED) is 0.846. The number of rotatable bonds is 3. The molecule has 86 valence electrons. The first-order chi connectivity index (χ1) is 8.20. The molecule has 1 amide bonds. The summed E-state index contributed by atoms with van der Waals surface area (Å²) >= 11 is 1.29. The lowest BCUT2D eigenvalue weighted by Crippen LogP contribution is -2.11. The Kier molecular flexibility index (Phi) is 3.30. The normalized spacial score (nSPS) is 9.94. The van der Waals surface area contributed by atoms with Crippen LogP contribution in [-0.2, 0) is 0 Å². The summed E-state index contributed by atoms with van der Waals surface area (Å²) in [7, 11) is 0. The van der Waals surface area contributed by atoms with E-state index in [0.29, 0.717) is 21.8 Å². The van der Waals surface area contributed by atoms with Gasteiger partial charge in [0, 0.05) is 11.3 Å². The predicted octanol–water partition coefficient (Wildman–Crippen LogP) is 2.52. The lowest BCUT2D eigenvalue weighted by molar-refractivity contribution is 0.102. The zero-order valence-electron chi connectivity index (χ0n) is 9.14. The van der Waals surface area contributed by atoms with E-state index in [2.05, 4.69) is 10.3 Å². The number of carbonyl (C=O) groups excluding carboxylic acids is 2. The van der Waals surface area contributed by atoms with Crippen LogP contribution in [0.4, 0.5) is 5.69 Å². The van der Waals surface area contributed by atoms with Gasteiger partial charge in [-0.05, 0) is 19.1 Å². The van der Waals surface area contributed by atoms with Gasteiger partial charge in [-0.25, -0.2) is 4.98 Å². The molecular formula is C12H10N2O2S. The smallest absolute Gasteiger partial charge is 0.267 e. The minimum absolute atomic E-state index is 0.201. The van der Waals surface area contributed by atoms with E-state index >= 15 is 0 Å². The third kappa shape index (κ3) is 2.57. The van der Waals surface area contributed by atoms with Crippen LogP contribution in [0.1, 0.15) is 25.7 Å². The second-order valence-corrected chi connectivity index (χ2v) is 4.32. The van der Waals surface area contributed by atoms with Crippen molar-refractivity contribution in [1.29, 1.82) is 0 Å². The van der Waals surface area contributed by atoms with Crippen LogP contribution in [0.2, 0.25) is 0 Å². The number of hydrogen-bond donors (Lipinski definition) is 1. The van der Waals surface area contributed by atoms with Crippen molar-refractivity contribution >= 4 is 29.2 Å². The number of amides is 1. The van der Waals surface area contributed by atoms with Crippen LogP contribution in [0.3, 0.4) is 0 Å². The second-order valence-electron chi connectivity index (χ2n) is 3.46. The summed E-state index contributed by atoms with van der Waals surface area (Å²) in [4.78, 5) is 27.1. The molecule has 1 N–H and O–H groups in total. The minimum Gasteiger partial charge on any atom is -0.321 e. The highest BCUT2D eigenvalue weighted by Gasteiger charge is 2.11. The van der Waals surface area contributed by atoms with Crippen molar-refractivity contribution in [3.8, 4) is 0 Å². The summed E-state index contributed by atoms with van der Waals surface area (Å²) in [5, 5.41) is 2.73. The number of nitrogens with one attached hydrogen (secondary N) is 1. The zero-order chi connectivity index (χ0) is 12.3. The first kappa shape index (κ1) is 11.5. The number of aldehydes is 1. The molecule has 0 fully saturated rings. The number of hydrogen-bond acceptors (Lipinski definition) is 4. The number of thiazole rings is 1. The van der Waals surface area contributed by atoms with Gasteiger partial charge in [0.1, 0.15) is 11.2 Å². The zero-order valence-corrected chi connectivity index (χ0v) is 9.95. The third-order valence-corrected chi connectivity index (χ3v) is 3.16. The fraction of sp³-hybridized carbons (Fsp3) is 0.0833. The van der Waals surface area contributed by atoms with Crippen molar-refractivity contribution < 1.29 is 9.59 Å². The number of aromatic nitrogens is 1. The SMILES string of the molecule is Cc1ncsc1C(=O)Nc1cccc(C=O)c1. The van der Waals surface area contributed by atoms with Crippen molar-refractivity contribution in [3.05, 3.63) is 45.9 Å². The topological polar surface area (TPSA) is 59.1 Å². The molecule has 0 radical (unpaired) electrons. The lowest BCUT2D eigenvalue weighted by Gasteiger charge is -2.04. The Balaban J connectivity index is 2.18. The van der Waals surface area contributed by atoms with Crippen LogP contribution in [-0.4, -0.2) is 17.2 Å². The molecule has 0 saturated heterocycles. The summed E-state index contributed by atoms with van der Waals surface area (Å²) in [6, 6.07) is 6.77. The third-order valence-electron chi connectivity index (χ3n) is 2.23. The van der Waals surface area contributed by atoms with E-state index in [0.717, 1.165) is 6.29 Å². The molecule has 0 saturated carbocycles. The second kappa shape index (κ2) is 4.88. The first-order valence-corrected chi connectivity index (χ1v) is 5.85. The maximum absolute atomic E-state index is 11.9. The predicted molar refractivity (Wildman–Crippen MR) is 66.6 cm³/mol. The Morgan fingerprint density at radius 3 is 2.94 bits per heavy atom. The number of aryl methyl sites for hydroxylation is 1. The monoisotopic (exact) mass is 246 g/mol. The van der Waals surface area contributed by atoms with Crippen molar-refractivity contribution in [2.45, 2.75) is 6.92 Å². The van der Waals surface area contributed by atoms with Crippen LogP contribution in [0.25, 0.3) is 0 Å². The summed E-state index contributed by atoms with van der Waals surface area (Å²) in [5.74, 6) is -0.201. The van der Waals surface area contributed by atoms with Crippen molar-refractivity contribution in [2.24, 2.45) is 0 Å². The van der Waals surface area contributed by atoms with Gasteiger partial charge in [0.05, 0.1) is 11.2 Å². The highest BCUT2D eigenvalue weighted by molar-refractivity contribution is 7.12. The van der Waals surface area contributed by atoms with E-state index in [1.807, 2.05) is 0 Å². The average Bonchev–Trinajstić information content (AvgIpc) is 2.76. The Bertz CT molecular complexity index is 563. The number of carbonyl (C=O) groups is 2. The van der Waals surface area contributed by atoms with Crippen LogP contribution in [0, 0.1) is 6.92 Å². The maximum Gasteiger partial charge on any atom is 0.267 e. The van der Waals surface area contributed by atoms with Gasteiger partial charge < -0.3 is 5.32 Å². The molecule has 2 rings (SSSR count). The fourth-order valence-electron chi connectivity index (χ4n) is 1.40. The highest BCUT2D eigenvalue weighted by atomic mass is 32.1. The summed E-state index contributed by atoms with van der Waals surface area (Å²) in [6.07, 6.45) is 0.744. The summed E-state index contributed by atoms with van der Waals surface area (Å²) < 4.78 is 0. The molecule has 4 nitrogen and oxygen atoms in total. The van der Waals surface area contributed by atoms with Gasteiger partial charge in [-0.2, -0.15) is 0 Å². The molecule has 2 aromatic rings. The number of anilines is 1. The Morgan fingerprint density at radius 2 is 2.29 bits per heavy atom. The van der Waals surface area contributed by atoms with Crippen LogP contribution >= 0.6 is 11.3 Å². The standard InChI is InChI=1S/C12H10N2O2S/c1-8-11(17-7-13-8)12(16)14-10-4-2-3-9(5-10)6-15/h2-7H,1H3,(H,14,16). The van der Waals surface area contributed by atoms with Gasteiger partial charge in [-0.1, -0.05) is 12.1 Å². The Labute approximate surface area is 102 Å². The molecule has 0 spiro atoms. The maximum atomic E-state index is 11.9.